The summed E-state index contributed by atoms with van der Waals surface area (Å²) < 4.78 is 2.14. The maximum Gasteiger partial charge on any atom is 0.270 e. The highest BCUT2D eigenvalue weighted by molar-refractivity contribution is 5.92. The molecule has 2 aromatic rings. The van der Waals surface area contributed by atoms with Crippen LogP contribution in [-0.2, 0) is 13.0 Å². The molecule has 0 unspecified atom stereocenters. The molecule has 1 aliphatic rings. The Bertz CT molecular complexity index is 674. The molecule has 6 heteroatoms. The summed E-state index contributed by atoms with van der Waals surface area (Å²) in [6.07, 6.45) is 3.43. The first-order chi connectivity index (χ1) is 10.5. The Morgan fingerprint density at radius 2 is 2.18 bits per heavy atom. The number of hydrogen-bond acceptors (Lipinski definition) is 4. The molecule has 0 spiro atoms. The maximum atomic E-state index is 12.3. The molecule has 0 radical (unpaired) electrons. The van der Waals surface area contributed by atoms with Crippen LogP contribution >= 0.6 is 0 Å². The van der Waals surface area contributed by atoms with E-state index in [9.17, 15) is 4.79 Å². The number of pyridine rings is 1. The number of amides is 1. The molecule has 116 valence electrons. The van der Waals surface area contributed by atoms with Crippen molar-refractivity contribution in [2.24, 2.45) is 0 Å². The van der Waals surface area contributed by atoms with Gasteiger partial charge in [-0.1, -0.05) is 19.9 Å². The van der Waals surface area contributed by atoms with Crippen molar-refractivity contribution in [1.82, 2.24) is 25.1 Å². The first-order valence-corrected chi connectivity index (χ1v) is 7.70. The van der Waals surface area contributed by atoms with E-state index in [0.717, 1.165) is 36.6 Å². The Morgan fingerprint density at radius 1 is 1.36 bits per heavy atom. The maximum absolute atomic E-state index is 12.3. The van der Waals surface area contributed by atoms with Crippen LogP contribution in [0, 0.1) is 6.92 Å². The predicted molar refractivity (Wildman–Crippen MR) is 82.7 cm³/mol. The fourth-order valence-corrected chi connectivity index (χ4v) is 2.75. The molecule has 0 bridgehead atoms. The minimum Gasteiger partial charge on any atom is -0.346 e. The largest absolute Gasteiger partial charge is 0.346 e. The zero-order valence-corrected chi connectivity index (χ0v) is 13.2. The zero-order chi connectivity index (χ0) is 15.7. The van der Waals surface area contributed by atoms with Gasteiger partial charge in [0, 0.05) is 31.1 Å². The fraction of sp³-hybridized carbons (Fsp3) is 0.500. The van der Waals surface area contributed by atoms with Crippen molar-refractivity contribution in [3.05, 3.63) is 41.2 Å². The second-order valence-electron chi connectivity index (χ2n) is 6.17. The molecule has 3 heterocycles. The van der Waals surface area contributed by atoms with Gasteiger partial charge in [-0.3, -0.25) is 9.78 Å². The molecule has 2 aromatic heterocycles. The third-order valence-electron chi connectivity index (χ3n) is 3.97. The van der Waals surface area contributed by atoms with Crippen LogP contribution in [0.3, 0.4) is 0 Å². The Morgan fingerprint density at radius 3 is 2.86 bits per heavy atom. The van der Waals surface area contributed by atoms with Crippen LogP contribution < -0.4 is 5.32 Å². The van der Waals surface area contributed by atoms with Crippen molar-refractivity contribution in [3.63, 3.8) is 0 Å². The number of carbonyl (C=O) groups is 1. The summed E-state index contributed by atoms with van der Waals surface area (Å²) in [5.74, 6) is 2.21. The SMILES string of the molecule is Cc1ccc(C(=O)N[C@@H]2CCc3nnc(C(C)C)n3C2)nc1. The highest BCUT2D eigenvalue weighted by Gasteiger charge is 2.25. The van der Waals surface area contributed by atoms with Crippen molar-refractivity contribution in [3.8, 4) is 0 Å². The summed E-state index contributed by atoms with van der Waals surface area (Å²) in [6.45, 7) is 6.90. The number of nitrogens with zero attached hydrogens (tertiary/aromatic N) is 4. The molecule has 0 aromatic carbocycles. The highest BCUT2D eigenvalue weighted by atomic mass is 16.1. The molecule has 6 nitrogen and oxygen atoms in total. The van der Waals surface area contributed by atoms with Crippen LogP contribution in [0.2, 0.25) is 0 Å². The van der Waals surface area contributed by atoms with Crippen molar-refractivity contribution in [1.29, 1.82) is 0 Å². The number of rotatable bonds is 3. The van der Waals surface area contributed by atoms with Crippen molar-refractivity contribution >= 4 is 5.91 Å². The minimum atomic E-state index is -0.118. The summed E-state index contributed by atoms with van der Waals surface area (Å²) in [7, 11) is 0. The normalized spacial score (nSPS) is 17.4. The number of aromatic nitrogens is 4. The van der Waals surface area contributed by atoms with Gasteiger partial charge in [0.25, 0.3) is 5.91 Å². The van der Waals surface area contributed by atoms with E-state index in [4.69, 9.17) is 0 Å². The zero-order valence-electron chi connectivity index (χ0n) is 13.2. The summed E-state index contributed by atoms with van der Waals surface area (Å²) in [6, 6.07) is 3.76. The van der Waals surface area contributed by atoms with Crippen LogP contribution in [0.5, 0.6) is 0 Å². The lowest BCUT2D eigenvalue weighted by Gasteiger charge is -2.25. The average molecular weight is 299 g/mol. The average Bonchev–Trinajstić information content (AvgIpc) is 2.91. The standard InChI is InChI=1S/C16H21N5O/c1-10(2)15-20-19-14-7-5-12(9-21(14)15)18-16(22)13-6-4-11(3)8-17-13/h4,6,8,10,12H,5,7,9H2,1-3H3,(H,18,22)/t12-/m1/s1. The molecule has 1 amide bonds. The summed E-state index contributed by atoms with van der Waals surface area (Å²) >= 11 is 0. The van der Waals surface area contributed by atoms with Gasteiger partial charge in [0.1, 0.15) is 17.3 Å². The molecule has 0 saturated carbocycles. The van der Waals surface area contributed by atoms with Crippen LogP contribution in [0.15, 0.2) is 18.3 Å². The van der Waals surface area contributed by atoms with E-state index >= 15 is 0 Å². The predicted octanol–water partition coefficient (Wildman–Crippen LogP) is 1.85. The molecule has 0 aliphatic carbocycles. The van der Waals surface area contributed by atoms with Crippen molar-refractivity contribution < 1.29 is 4.79 Å². The van der Waals surface area contributed by atoms with Gasteiger partial charge in [-0.05, 0) is 25.0 Å². The third kappa shape index (κ3) is 2.86. The first-order valence-electron chi connectivity index (χ1n) is 7.70. The second kappa shape index (κ2) is 5.87. The van der Waals surface area contributed by atoms with E-state index in [1.807, 2.05) is 13.0 Å². The van der Waals surface area contributed by atoms with Gasteiger partial charge >= 0.3 is 0 Å². The van der Waals surface area contributed by atoms with E-state index < -0.39 is 0 Å². The van der Waals surface area contributed by atoms with Crippen molar-refractivity contribution in [2.45, 2.75) is 52.1 Å². The highest BCUT2D eigenvalue weighted by Crippen LogP contribution is 2.20. The molecule has 1 N–H and O–H groups in total. The second-order valence-corrected chi connectivity index (χ2v) is 6.17. The van der Waals surface area contributed by atoms with Gasteiger partial charge in [0.2, 0.25) is 0 Å². The lowest BCUT2D eigenvalue weighted by molar-refractivity contribution is 0.0922. The van der Waals surface area contributed by atoms with E-state index in [1.165, 1.54) is 0 Å². The summed E-state index contributed by atoms with van der Waals surface area (Å²) in [4.78, 5) is 16.5. The van der Waals surface area contributed by atoms with E-state index in [-0.39, 0.29) is 11.9 Å². The van der Waals surface area contributed by atoms with Crippen LogP contribution in [0.4, 0.5) is 0 Å². The van der Waals surface area contributed by atoms with Crippen LogP contribution in [-0.4, -0.2) is 31.7 Å². The van der Waals surface area contributed by atoms with Gasteiger partial charge in [-0.25, -0.2) is 0 Å². The van der Waals surface area contributed by atoms with Crippen LogP contribution in [0.1, 0.15) is 53.9 Å². The number of nitrogens with one attached hydrogen (secondary N) is 1. The number of carbonyl (C=O) groups excluding carboxylic acids is 1. The molecular weight excluding hydrogens is 278 g/mol. The molecule has 0 fully saturated rings. The minimum absolute atomic E-state index is 0.0941. The number of hydrogen-bond donors (Lipinski definition) is 1. The monoisotopic (exact) mass is 299 g/mol. The molecular formula is C16H21N5O. The van der Waals surface area contributed by atoms with Gasteiger partial charge in [-0.2, -0.15) is 0 Å². The molecule has 1 atom stereocenters. The Hall–Kier alpha value is -2.24. The van der Waals surface area contributed by atoms with Gasteiger partial charge < -0.3 is 9.88 Å². The topological polar surface area (TPSA) is 72.7 Å². The number of aryl methyl sites for hydroxylation is 2. The van der Waals surface area contributed by atoms with Gasteiger partial charge in [0.05, 0.1) is 0 Å². The smallest absolute Gasteiger partial charge is 0.270 e. The van der Waals surface area contributed by atoms with E-state index in [1.54, 1.807) is 12.3 Å². The van der Waals surface area contributed by atoms with Crippen molar-refractivity contribution in [2.75, 3.05) is 0 Å². The molecule has 1 aliphatic heterocycles. The van der Waals surface area contributed by atoms with E-state index in [0.29, 0.717) is 11.6 Å². The Labute approximate surface area is 130 Å². The van der Waals surface area contributed by atoms with Gasteiger partial charge in [-0.15, -0.1) is 10.2 Å². The lowest BCUT2D eigenvalue weighted by atomic mass is 10.1. The Balaban J connectivity index is 1.71. The Kier molecular flexibility index (Phi) is 3.92. The fourth-order valence-electron chi connectivity index (χ4n) is 2.75. The quantitative estimate of drug-likeness (QED) is 0.938. The number of fused-ring (bicyclic) bond motifs is 1. The summed E-state index contributed by atoms with van der Waals surface area (Å²) in [5, 5.41) is 11.6. The molecule has 22 heavy (non-hydrogen) atoms. The van der Waals surface area contributed by atoms with E-state index in [2.05, 4.69) is 38.9 Å². The summed E-state index contributed by atoms with van der Waals surface area (Å²) in [5.41, 5.74) is 1.51. The van der Waals surface area contributed by atoms with Crippen LogP contribution in [0.25, 0.3) is 0 Å². The van der Waals surface area contributed by atoms with Gasteiger partial charge in [0.15, 0.2) is 0 Å². The lowest BCUT2D eigenvalue weighted by Crippen LogP contribution is -2.41. The third-order valence-corrected chi connectivity index (χ3v) is 3.97. The molecule has 0 saturated heterocycles. The first kappa shape index (κ1) is 14.7. The molecule has 3 rings (SSSR count).